The van der Waals surface area contributed by atoms with Gasteiger partial charge in [0.05, 0.1) is 35.7 Å². The molecule has 2 aromatic carbocycles. The number of para-hydroxylation sites is 1. The van der Waals surface area contributed by atoms with Crippen molar-refractivity contribution in [2.24, 2.45) is 0 Å². The van der Waals surface area contributed by atoms with Gasteiger partial charge >= 0.3 is 0 Å². The van der Waals surface area contributed by atoms with Crippen molar-refractivity contribution in [2.45, 2.75) is 19.5 Å². The van der Waals surface area contributed by atoms with Crippen LogP contribution in [-0.4, -0.2) is 15.5 Å². The van der Waals surface area contributed by atoms with Gasteiger partial charge in [0.1, 0.15) is 17.4 Å². The minimum Gasteiger partial charge on any atom is -0.467 e. The lowest BCUT2D eigenvalue weighted by Gasteiger charge is -2.22. The van der Waals surface area contributed by atoms with Gasteiger partial charge in [0, 0.05) is 19.0 Å². The Bertz CT molecular complexity index is 1250. The number of amides is 1. The van der Waals surface area contributed by atoms with E-state index in [-0.39, 0.29) is 30.8 Å². The number of benzene rings is 2. The molecule has 152 valence electrons. The second kappa shape index (κ2) is 8.28. The van der Waals surface area contributed by atoms with Crippen molar-refractivity contribution in [1.82, 2.24) is 9.55 Å². The SMILES string of the molecule is O=C(CCn1cnc2ccccc2c1=O)N(Cc1ccco1)c1ccc(F)cc1F. The molecular weight excluding hydrogens is 392 g/mol. The average molecular weight is 409 g/mol. The first-order chi connectivity index (χ1) is 14.5. The quantitative estimate of drug-likeness (QED) is 0.485. The fraction of sp³-hybridized carbons (Fsp3) is 0.136. The van der Waals surface area contributed by atoms with Crippen molar-refractivity contribution in [3.05, 3.63) is 94.9 Å². The predicted molar refractivity (Wildman–Crippen MR) is 107 cm³/mol. The van der Waals surface area contributed by atoms with Crippen LogP contribution in [0.5, 0.6) is 0 Å². The van der Waals surface area contributed by atoms with Gasteiger partial charge in [0.25, 0.3) is 5.56 Å². The Morgan fingerprint density at radius 1 is 1.10 bits per heavy atom. The molecule has 4 aromatic rings. The Labute approximate surface area is 170 Å². The third kappa shape index (κ3) is 3.98. The molecule has 8 heteroatoms. The predicted octanol–water partition coefficient (Wildman–Crippen LogP) is 3.89. The van der Waals surface area contributed by atoms with E-state index >= 15 is 0 Å². The molecule has 0 aliphatic carbocycles. The van der Waals surface area contributed by atoms with Crippen LogP contribution in [0.15, 0.2) is 76.4 Å². The van der Waals surface area contributed by atoms with E-state index in [0.29, 0.717) is 16.7 Å². The van der Waals surface area contributed by atoms with Gasteiger partial charge < -0.3 is 9.32 Å². The maximum absolute atomic E-state index is 14.4. The summed E-state index contributed by atoms with van der Waals surface area (Å²) in [5.74, 6) is -1.61. The zero-order valence-electron chi connectivity index (χ0n) is 15.8. The Morgan fingerprint density at radius 3 is 2.70 bits per heavy atom. The van der Waals surface area contributed by atoms with Crippen LogP contribution in [0.4, 0.5) is 14.5 Å². The average Bonchev–Trinajstić information content (AvgIpc) is 3.25. The van der Waals surface area contributed by atoms with Crippen LogP contribution >= 0.6 is 0 Å². The summed E-state index contributed by atoms with van der Waals surface area (Å²) in [4.78, 5) is 31.0. The Balaban J connectivity index is 1.59. The highest BCUT2D eigenvalue weighted by atomic mass is 19.1. The molecule has 1 amide bonds. The molecule has 0 fully saturated rings. The summed E-state index contributed by atoms with van der Waals surface area (Å²) in [5, 5.41) is 0.449. The highest BCUT2D eigenvalue weighted by molar-refractivity contribution is 5.93. The number of hydrogen-bond acceptors (Lipinski definition) is 4. The molecule has 0 aliphatic rings. The molecule has 0 saturated heterocycles. The molecule has 0 N–H and O–H groups in total. The van der Waals surface area contributed by atoms with Gasteiger partial charge in [0.15, 0.2) is 0 Å². The van der Waals surface area contributed by atoms with Gasteiger partial charge in [-0.2, -0.15) is 0 Å². The smallest absolute Gasteiger partial charge is 0.261 e. The maximum atomic E-state index is 14.4. The number of halogens is 2. The Morgan fingerprint density at radius 2 is 1.93 bits per heavy atom. The molecule has 0 spiro atoms. The van der Waals surface area contributed by atoms with Crippen LogP contribution in [0, 0.1) is 11.6 Å². The third-order valence-electron chi connectivity index (χ3n) is 4.69. The third-order valence-corrected chi connectivity index (χ3v) is 4.69. The molecule has 4 rings (SSSR count). The van der Waals surface area contributed by atoms with E-state index in [4.69, 9.17) is 4.42 Å². The van der Waals surface area contributed by atoms with Crippen LogP contribution in [-0.2, 0) is 17.9 Å². The number of anilines is 1. The van der Waals surface area contributed by atoms with Crippen molar-refractivity contribution in [3.8, 4) is 0 Å². The number of rotatable bonds is 6. The second-order valence-electron chi connectivity index (χ2n) is 6.67. The highest BCUT2D eigenvalue weighted by Crippen LogP contribution is 2.23. The largest absolute Gasteiger partial charge is 0.467 e. The second-order valence-corrected chi connectivity index (χ2v) is 6.67. The van der Waals surface area contributed by atoms with Crippen LogP contribution < -0.4 is 10.5 Å². The first-order valence-corrected chi connectivity index (χ1v) is 9.25. The molecule has 0 aliphatic heterocycles. The van der Waals surface area contributed by atoms with Crippen LogP contribution in [0.2, 0.25) is 0 Å². The standard InChI is InChI=1S/C22H17F2N3O3/c23-15-7-8-20(18(24)12-15)27(13-16-4-3-11-30-16)21(28)9-10-26-14-25-19-6-2-1-5-17(19)22(26)29/h1-8,11-12,14H,9-10,13H2. The first-order valence-electron chi connectivity index (χ1n) is 9.25. The van der Waals surface area contributed by atoms with E-state index in [1.54, 1.807) is 36.4 Å². The van der Waals surface area contributed by atoms with Gasteiger partial charge in [-0.25, -0.2) is 13.8 Å². The van der Waals surface area contributed by atoms with Crippen LogP contribution in [0.3, 0.4) is 0 Å². The summed E-state index contributed by atoms with van der Waals surface area (Å²) >= 11 is 0. The number of carbonyl (C=O) groups is 1. The zero-order valence-corrected chi connectivity index (χ0v) is 15.8. The van der Waals surface area contributed by atoms with Crippen LogP contribution in [0.1, 0.15) is 12.2 Å². The van der Waals surface area contributed by atoms with E-state index in [9.17, 15) is 18.4 Å². The topological polar surface area (TPSA) is 68.3 Å². The molecule has 30 heavy (non-hydrogen) atoms. The Hall–Kier alpha value is -3.81. The minimum absolute atomic E-state index is 0.0285. The molecule has 0 saturated carbocycles. The van der Waals surface area contributed by atoms with Crippen molar-refractivity contribution in [1.29, 1.82) is 0 Å². The lowest BCUT2D eigenvalue weighted by molar-refractivity contribution is -0.119. The summed E-state index contributed by atoms with van der Waals surface area (Å²) < 4.78 is 34.3. The molecule has 0 unspecified atom stereocenters. The number of nitrogens with zero attached hydrogens (tertiary/aromatic N) is 3. The first kappa shape index (κ1) is 19.5. The highest BCUT2D eigenvalue weighted by Gasteiger charge is 2.21. The zero-order chi connectivity index (χ0) is 21.1. The summed E-state index contributed by atoms with van der Waals surface area (Å²) in [6, 6.07) is 13.2. The van der Waals surface area contributed by atoms with E-state index in [1.165, 1.54) is 28.1 Å². The number of carbonyl (C=O) groups excluding carboxylic acids is 1. The van der Waals surface area contributed by atoms with E-state index in [0.717, 1.165) is 12.1 Å². The fourth-order valence-electron chi connectivity index (χ4n) is 3.18. The van der Waals surface area contributed by atoms with Crippen molar-refractivity contribution in [2.75, 3.05) is 4.90 Å². The summed E-state index contributed by atoms with van der Waals surface area (Å²) in [7, 11) is 0. The number of aryl methyl sites for hydroxylation is 1. The number of aromatic nitrogens is 2. The minimum atomic E-state index is -0.862. The summed E-state index contributed by atoms with van der Waals surface area (Å²) in [6.45, 7) is 0.0340. The number of fused-ring (bicyclic) bond motifs is 1. The number of furan rings is 1. The van der Waals surface area contributed by atoms with Crippen LogP contribution in [0.25, 0.3) is 10.9 Å². The lowest BCUT2D eigenvalue weighted by atomic mass is 10.2. The van der Waals surface area contributed by atoms with Gasteiger partial charge in [-0.15, -0.1) is 0 Å². The lowest BCUT2D eigenvalue weighted by Crippen LogP contribution is -2.33. The van der Waals surface area contributed by atoms with E-state index in [2.05, 4.69) is 4.98 Å². The van der Waals surface area contributed by atoms with Gasteiger partial charge in [-0.3, -0.25) is 14.2 Å². The van der Waals surface area contributed by atoms with E-state index in [1.807, 2.05) is 0 Å². The molecule has 2 heterocycles. The van der Waals surface area contributed by atoms with Crippen molar-refractivity contribution >= 4 is 22.5 Å². The van der Waals surface area contributed by atoms with Gasteiger partial charge in [-0.1, -0.05) is 12.1 Å². The van der Waals surface area contributed by atoms with Crippen molar-refractivity contribution < 1.29 is 18.0 Å². The normalized spacial score (nSPS) is 11.0. The molecular formula is C22H17F2N3O3. The Kier molecular flexibility index (Phi) is 5.38. The summed E-state index contributed by atoms with van der Waals surface area (Å²) in [5.41, 5.74) is 0.235. The van der Waals surface area contributed by atoms with Gasteiger partial charge in [0.2, 0.25) is 5.91 Å². The number of hydrogen-bond donors (Lipinski definition) is 0. The van der Waals surface area contributed by atoms with Crippen molar-refractivity contribution in [3.63, 3.8) is 0 Å². The molecule has 0 bridgehead atoms. The molecule has 6 nitrogen and oxygen atoms in total. The monoisotopic (exact) mass is 409 g/mol. The maximum Gasteiger partial charge on any atom is 0.261 e. The molecule has 0 radical (unpaired) electrons. The fourth-order valence-corrected chi connectivity index (χ4v) is 3.18. The summed E-state index contributed by atoms with van der Waals surface area (Å²) in [6.07, 6.45) is 2.74. The van der Waals surface area contributed by atoms with E-state index < -0.39 is 17.5 Å². The van der Waals surface area contributed by atoms with Gasteiger partial charge in [-0.05, 0) is 36.4 Å². The molecule has 0 atom stereocenters. The molecule has 2 aromatic heterocycles.